The minimum Gasteiger partial charge on any atom is -0.493 e. The number of fused-ring (bicyclic) bond motifs is 2. The normalized spacial score (nSPS) is 11.3. The molecular weight excluding hydrogens is 456 g/mol. The van der Waals surface area contributed by atoms with E-state index in [4.69, 9.17) is 25.2 Å². The molecule has 0 saturated carbocycles. The first-order valence-electron chi connectivity index (χ1n) is 11.2. The van der Waals surface area contributed by atoms with Crippen molar-refractivity contribution >= 4 is 45.8 Å². The highest BCUT2D eigenvalue weighted by Crippen LogP contribution is 2.31. The van der Waals surface area contributed by atoms with E-state index in [0.717, 1.165) is 5.56 Å². The average molecular weight is 481 g/mol. The van der Waals surface area contributed by atoms with Crippen molar-refractivity contribution in [2.75, 3.05) is 25.3 Å². The Kier molecular flexibility index (Phi) is 5.95. The maximum absolute atomic E-state index is 13.4. The highest BCUT2D eigenvalue weighted by atomic mass is 16.5. The quantitative estimate of drug-likeness (QED) is 0.342. The molecule has 9 nitrogen and oxygen atoms in total. The highest BCUT2D eigenvalue weighted by Gasteiger charge is 2.24. The largest absolute Gasteiger partial charge is 0.493 e. The van der Waals surface area contributed by atoms with Crippen LogP contribution in [0.2, 0.25) is 0 Å². The third-order valence-corrected chi connectivity index (χ3v) is 5.72. The van der Waals surface area contributed by atoms with Crippen LogP contribution in [0.4, 0.5) is 11.5 Å². The number of rotatable bonds is 6. The summed E-state index contributed by atoms with van der Waals surface area (Å²) in [6, 6.07) is 20.4. The van der Waals surface area contributed by atoms with Gasteiger partial charge in [0, 0.05) is 11.3 Å². The van der Waals surface area contributed by atoms with E-state index in [1.54, 1.807) is 26.5 Å². The molecule has 5 aromatic rings. The van der Waals surface area contributed by atoms with E-state index in [-0.39, 0.29) is 11.4 Å². The number of nitrogens with two attached hydrogens (primary N) is 1. The van der Waals surface area contributed by atoms with Crippen LogP contribution in [0, 0.1) is 6.92 Å². The summed E-state index contributed by atoms with van der Waals surface area (Å²) in [4.78, 5) is 22.8. The monoisotopic (exact) mass is 480 g/mol. The molecule has 0 aliphatic heterocycles. The van der Waals surface area contributed by atoms with Crippen LogP contribution in [0.25, 0.3) is 22.2 Å². The predicted octanol–water partition coefficient (Wildman–Crippen LogP) is 4.63. The Bertz CT molecular complexity index is 1640. The summed E-state index contributed by atoms with van der Waals surface area (Å²) < 4.78 is 12.3. The van der Waals surface area contributed by atoms with Crippen molar-refractivity contribution in [3.63, 3.8) is 0 Å². The molecule has 0 fully saturated rings. The second kappa shape index (κ2) is 9.38. The summed E-state index contributed by atoms with van der Waals surface area (Å²) >= 11 is 0. The molecule has 0 aliphatic carbocycles. The van der Waals surface area contributed by atoms with Gasteiger partial charge in [0.25, 0.3) is 5.91 Å². The Morgan fingerprint density at radius 1 is 1.00 bits per heavy atom. The molecule has 0 unspecified atom stereocenters. The zero-order valence-electron chi connectivity index (χ0n) is 20.0. The van der Waals surface area contributed by atoms with Crippen molar-refractivity contribution in [2.45, 2.75) is 6.92 Å². The number of hydrogen-bond donors (Lipinski definition) is 2. The number of benzene rings is 3. The van der Waals surface area contributed by atoms with Crippen LogP contribution < -0.4 is 20.5 Å². The van der Waals surface area contributed by atoms with Crippen molar-refractivity contribution < 1.29 is 14.3 Å². The number of methoxy groups -OCH3 is 2. The van der Waals surface area contributed by atoms with Gasteiger partial charge in [-0.05, 0) is 48.9 Å². The van der Waals surface area contributed by atoms with Crippen LogP contribution in [-0.2, 0) is 0 Å². The third-order valence-electron chi connectivity index (χ3n) is 5.72. The van der Waals surface area contributed by atoms with Gasteiger partial charge in [0.2, 0.25) is 0 Å². The summed E-state index contributed by atoms with van der Waals surface area (Å²) in [6.45, 7) is 1.95. The number of aryl methyl sites for hydroxylation is 1. The Morgan fingerprint density at radius 2 is 1.75 bits per heavy atom. The molecule has 1 amide bonds. The van der Waals surface area contributed by atoms with Crippen LogP contribution >= 0.6 is 0 Å². The Labute approximate surface area is 207 Å². The van der Waals surface area contributed by atoms with Crippen LogP contribution in [-0.4, -0.2) is 41.0 Å². The zero-order chi connectivity index (χ0) is 25.2. The molecule has 0 atom stereocenters. The number of anilines is 2. The molecule has 3 N–H and O–H groups in total. The minimum absolute atomic E-state index is 0.114. The number of nitrogens with zero attached hydrogens (tertiary/aromatic N) is 4. The lowest BCUT2D eigenvalue weighted by Crippen LogP contribution is -2.14. The molecule has 2 aromatic heterocycles. The van der Waals surface area contributed by atoms with Gasteiger partial charge in [-0.1, -0.05) is 30.3 Å². The van der Waals surface area contributed by atoms with E-state index in [2.05, 4.69) is 10.4 Å². The molecule has 180 valence electrons. The van der Waals surface area contributed by atoms with Crippen LogP contribution in [0.15, 0.2) is 71.8 Å². The second-order valence-corrected chi connectivity index (χ2v) is 8.11. The molecule has 5 rings (SSSR count). The average Bonchev–Trinajstić information content (AvgIpc) is 3.15. The number of nitrogen functional groups attached to an aromatic ring is 1. The lowest BCUT2D eigenvalue weighted by molar-refractivity contribution is 0.102. The fourth-order valence-electron chi connectivity index (χ4n) is 4.04. The topological polar surface area (TPSA) is 117 Å². The van der Waals surface area contributed by atoms with E-state index >= 15 is 0 Å². The Hall–Kier alpha value is -4.92. The second-order valence-electron chi connectivity index (χ2n) is 8.11. The fourth-order valence-corrected chi connectivity index (χ4v) is 4.04. The Morgan fingerprint density at radius 3 is 2.47 bits per heavy atom. The molecular formula is C27H24N6O3. The van der Waals surface area contributed by atoms with Gasteiger partial charge in [-0.2, -0.15) is 9.78 Å². The number of carbonyl (C=O) groups is 1. The summed E-state index contributed by atoms with van der Waals surface area (Å²) in [7, 11) is 3.12. The summed E-state index contributed by atoms with van der Waals surface area (Å²) in [5.74, 6) is 0.799. The zero-order valence-corrected chi connectivity index (χ0v) is 20.0. The first-order valence-corrected chi connectivity index (χ1v) is 11.2. The van der Waals surface area contributed by atoms with Crippen molar-refractivity contribution in [3.05, 3.63) is 83.4 Å². The van der Waals surface area contributed by atoms with Gasteiger partial charge in [0.15, 0.2) is 17.1 Å². The molecule has 36 heavy (non-hydrogen) atoms. The van der Waals surface area contributed by atoms with Gasteiger partial charge < -0.3 is 20.5 Å². The first kappa shape index (κ1) is 22.9. The molecule has 0 bridgehead atoms. The van der Waals surface area contributed by atoms with Crippen molar-refractivity contribution in [1.82, 2.24) is 14.6 Å². The highest BCUT2D eigenvalue weighted by molar-refractivity contribution is 6.16. The molecule has 3 aromatic carbocycles. The van der Waals surface area contributed by atoms with E-state index < -0.39 is 5.91 Å². The SMILES string of the molecule is COc1cccc(/C=N/n2c(N)c(C(=O)Nc3cccc(C)c3)c3nc4ccccc4nc32)c1OC. The lowest BCUT2D eigenvalue weighted by Gasteiger charge is -2.09. The summed E-state index contributed by atoms with van der Waals surface area (Å²) in [6.07, 6.45) is 1.58. The van der Waals surface area contributed by atoms with Crippen molar-refractivity contribution in [3.8, 4) is 11.5 Å². The van der Waals surface area contributed by atoms with E-state index in [9.17, 15) is 4.79 Å². The summed E-state index contributed by atoms with van der Waals surface area (Å²) in [5, 5.41) is 7.48. The van der Waals surface area contributed by atoms with Crippen molar-refractivity contribution in [2.24, 2.45) is 5.10 Å². The lowest BCUT2D eigenvalue weighted by atomic mass is 10.2. The van der Waals surface area contributed by atoms with Crippen LogP contribution in [0.1, 0.15) is 21.5 Å². The van der Waals surface area contributed by atoms with Gasteiger partial charge >= 0.3 is 0 Å². The Balaban J connectivity index is 1.67. The maximum Gasteiger partial charge on any atom is 0.261 e. The maximum atomic E-state index is 13.4. The predicted molar refractivity (Wildman–Crippen MR) is 141 cm³/mol. The standard InChI is InChI=1S/C27H24N6O3/c1-16-8-6-10-18(14-16)30-27(34)22-23-26(32-20-12-5-4-11-19(20)31-23)33(25(22)28)29-15-17-9-7-13-21(35-2)24(17)36-3/h4-15H,28H2,1-3H3,(H,30,34)/b29-15+. The summed E-state index contributed by atoms with van der Waals surface area (Å²) in [5.41, 5.74) is 11.0. The fraction of sp³-hybridized carbons (Fsp3) is 0.111. The molecule has 2 heterocycles. The van der Waals surface area contributed by atoms with Gasteiger partial charge in [-0.15, -0.1) is 0 Å². The molecule has 9 heteroatoms. The van der Waals surface area contributed by atoms with Crippen molar-refractivity contribution in [1.29, 1.82) is 0 Å². The number of ether oxygens (including phenoxy) is 2. The van der Waals surface area contributed by atoms with Crippen LogP contribution in [0.5, 0.6) is 11.5 Å². The van der Waals surface area contributed by atoms with E-state index in [1.165, 1.54) is 4.68 Å². The van der Waals surface area contributed by atoms with E-state index in [0.29, 0.717) is 44.9 Å². The number of carbonyl (C=O) groups excluding carboxylic acids is 1. The van der Waals surface area contributed by atoms with Crippen LogP contribution in [0.3, 0.4) is 0 Å². The molecule has 0 saturated heterocycles. The smallest absolute Gasteiger partial charge is 0.261 e. The van der Waals surface area contributed by atoms with Gasteiger partial charge in [0.05, 0.1) is 31.5 Å². The number of para-hydroxylation sites is 3. The molecule has 0 radical (unpaired) electrons. The van der Waals surface area contributed by atoms with Gasteiger partial charge in [0.1, 0.15) is 16.9 Å². The van der Waals surface area contributed by atoms with E-state index in [1.807, 2.05) is 67.6 Å². The number of amides is 1. The minimum atomic E-state index is -0.402. The molecule has 0 spiro atoms. The number of aromatic nitrogens is 3. The number of nitrogens with one attached hydrogen (secondary N) is 1. The number of hydrogen-bond acceptors (Lipinski definition) is 7. The van der Waals surface area contributed by atoms with Gasteiger partial charge in [-0.25, -0.2) is 9.97 Å². The first-order chi connectivity index (χ1) is 17.5. The van der Waals surface area contributed by atoms with Gasteiger partial charge in [-0.3, -0.25) is 4.79 Å². The third kappa shape index (κ3) is 4.07. The molecule has 0 aliphatic rings.